The Labute approximate surface area is 125 Å². The van der Waals surface area contributed by atoms with Crippen molar-refractivity contribution < 1.29 is 23.8 Å². The lowest BCUT2D eigenvalue weighted by Gasteiger charge is -2.17. The maximum Gasteiger partial charge on any atom is 0.513 e. The molecule has 0 aromatic heterocycles. The Bertz CT molecular complexity index is 470. The van der Waals surface area contributed by atoms with Crippen LogP contribution in [-0.4, -0.2) is 18.7 Å². The maximum atomic E-state index is 11.5. The van der Waals surface area contributed by atoms with Crippen LogP contribution in [0.5, 0.6) is 5.75 Å². The van der Waals surface area contributed by atoms with Crippen molar-refractivity contribution in [3.63, 3.8) is 0 Å². The van der Waals surface area contributed by atoms with Crippen molar-refractivity contribution >= 4 is 12.1 Å². The first kappa shape index (κ1) is 17.0. The number of hydrogen-bond donors (Lipinski definition) is 0. The first-order valence-electron chi connectivity index (χ1n) is 6.83. The van der Waals surface area contributed by atoms with E-state index in [0.29, 0.717) is 12.4 Å². The molecule has 0 bridgehead atoms. The largest absolute Gasteiger partial charge is 0.513 e. The van der Waals surface area contributed by atoms with Crippen molar-refractivity contribution in [1.29, 1.82) is 0 Å². The van der Waals surface area contributed by atoms with Crippen molar-refractivity contribution in [2.75, 3.05) is 6.61 Å². The van der Waals surface area contributed by atoms with Crippen molar-refractivity contribution in [2.24, 2.45) is 5.41 Å². The van der Waals surface area contributed by atoms with Crippen LogP contribution in [0.4, 0.5) is 4.79 Å². The summed E-state index contributed by atoms with van der Waals surface area (Å²) in [6, 6.07) is 6.70. The summed E-state index contributed by atoms with van der Waals surface area (Å²) < 4.78 is 14.9. The van der Waals surface area contributed by atoms with E-state index in [9.17, 15) is 9.59 Å². The topological polar surface area (TPSA) is 61.8 Å². The lowest BCUT2D eigenvalue weighted by molar-refractivity contribution is -0.142. The molecule has 0 amide bonds. The molecule has 0 aliphatic rings. The number of ether oxygens (including phenoxy) is 3. The highest BCUT2D eigenvalue weighted by Crippen LogP contribution is 2.18. The third-order valence-corrected chi connectivity index (χ3v) is 2.64. The predicted molar refractivity (Wildman–Crippen MR) is 78.0 cm³/mol. The van der Waals surface area contributed by atoms with Crippen molar-refractivity contribution in [3.05, 3.63) is 29.8 Å². The highest BCUT2D eigenvalue weighted by molar-refractivity contribution is 5.66. The van der Waals surface area contributed by atoms with Crippen molar-refractivity contribution in [2.45, 2.75) is 40.7 Å². The minimum atomic E-state index is -0.716. The molecule has 0 saturated heterocycles. The zero-order valence-electron chi connectivity index (χ0n) is 13.0. The van der Waals surface area contributed by atoms with Gasteiger partial charge in [-0.2, -0.15) is 0 Å². The van der Waals surface area contributed by atoms with Crippen molar-refractivity contribution in [3.8, 4) is 5.75 Å². The molecule has 21 heavy (non-hydrogen) atoms. The third-order valence-electron chi connectivity index (χ3n) is 2.64. The highest BCUT2D eigenvalue weighted by atomic mass is 16.7. The van der Waals surface area contributed by atoms with Crippen LogP contribution in [0.1, 0.15) is 39.7 Å². The molecule has 0 fully saturated rings. The van der Waals surface area contributed by atoms with Gasteiger partial charge in [-0.15, -0.1) is 0 Å². The number of benzene rings is 1. The van der Waals surface area contributed by atoms with Crippen LogP contribution in [0.25, 0.3) is 0 Å². The van der Waals surface area contributed by atoms with Gasteiger partial charge < -0.3 is 14.2 Å². The highest BCUT2D eigenvalue weighted by Gasteiger charge is 2.12. The molecule has 1 aromatic rings. The van der Waals surface area contributed by atoms with E-state index in [1.165, 1.54) is 6.92 Å². The molecule has 0 heterocycles. The van der Waals surface area contributed by atoms with Gasteiger partial charge in [-0.3, -0.25) is 4.79 Å². The number of esters is 1. The molecule has 0 aliphatic carbocycles. The molecule has 0 aliphatic heterocycles. The van der Waals surface area contributed by atoms with Crippen LogP contribution in [0.15, 0.2) is 24.3 Å². The van der Waals surface area contributed by atoms with Gasteiger partial charge in [0.2, 0.25) is 0 Å². The Morgan fingerprint density at radius 2 is 1.67 bits per heavy atom. The van der Waals surface area contributed by atoms with Crippen LogP contribution < -0.4 is 4.74 Å². The van der Waals surface area contributed by atoms with E-state index < -0.39 is 6.16 Å². The summed E-state index contributed by atoms with van der Waals surface area (Å²) in [5.74, 6) is 0.0556. The maximum absolute atomic E-state index is 11.5. The second-order valence-electron chi connectivity index (χ2n) is 5.94. The van der Waals surface area contributed by atoms with Gasteiger partial charge in [0, 0.05) is 6.92 Å². The molecule has 0 spiro atoms. The zero-order chi connectivity index (χ0) is 15.9. The summed E-state index contributed by atoms with van der Waals surface area (Å²) in [4.78, 5) is 22.2. The minimum absolute atomic E-state index is 0.110. The molecular formula is C16H22O5. The SMILES string of the molecule is CC(=O)OCc1ccc(OC(=O)OCCC(C)(C)C)cc1. The molecule has 1 aromatic carbocycles. The van der Waals surface area contributed by atoms with E-state index in [1.54, 1.807) is 24.3 Å². The molecule has 0 atom stereocenters. The Kier molecular flexibility index (Phi) is 6.21. The summed E-state index contributed by atoms with van der Waals surface area (Å²) >= 11 is 0. The Hall–Kier alpha value is -2.04. The quantitative estimate of drug-likeness (QED) is 0.612. The van der Waals surface area contributed by atoms with Crippen LogP contribution in [-0.2, 0) is 20.9 Å². The van der Waals surface area contributed by atoms with Crippen LogP contribution in [0.3, 0.4) is 0 Å². The average Bonchev–Trinajstić information content (AvgIpc) is 2.36. The summed E-state index contributed by atoms with van der Waals surface area (Å²) in [7, 11) is 0. The number of hydrogen-bond acceptors (Lipinski definition) is 5. The molecular weight excluding hydrogens is 272 g/mol. The first-order chi connectivity index (χ1) is 9.76. The second kappa shape index (κ2) is 7.67. The Morgan fingerprint density at radius 3 is 2.19 bits per heavy atom. The second-order valence-corrected chi connectivity index (χ2v) is 5.94. The smallest absolute Gasteiger partial charge is 0.461 e. The molecule has 0 radical (unpaired) electrons. The van der Waals surface area contributed by atoms with Gasteiger partial charge in [0.15, 0.2) is 0 Å². The average molecular weight is 294 g/mol. The van der Waals surface area contributed by atoms with Crippen LogP contribution in [0.2, 0.25) is 0 Å². The fourth-order valence-electron chi connectivity index (χ4n) is 1.40. The van der Waals surface area contributed by atoms with Gasteiger partial charge in [-0.05, 0) is 29.5 Å². The summed E-state index contributed by atoms with van der Waals surface area (Å²) in [5.41, 5.74) is 0.928. The molecule has 5 nitrogen and oxygen atoms in total. The predicted octanol–water partition coefficient (Wildman–Crippen LogP) is 3.70. The molecule has 0 saturated carbocycles. The molecule has 1 rings (SSSR count). The van der Waals surface area contributed by atoms with Crippen LogP contribution in [0, 0.1) is 5.41 Å². The summed E-state index contributed by atoms with van der Waals surface area (Å²) in [6.45, 7) is 8.10. The minimum Gasteiger partial charge on any atom is -0.461 e. The van der Waals surface area contributed by atoms with E-state index in [2.05, 4.69) is 20.8 Å². The Morgan fingerprint density at radius 1 is 1.05 bits per heavy atom. The van der Waals surface area contributed by atoms with Gasteiger partial charge in [0.25, 0.3) is 0 Å². The van der Waals surface area contributed by atoms with E-state index in [-0.39, 0.29) is 18.0 Å². The van der Waals surface area contributed by atoms with Gasteiger partial charge in [0.05, 0.1) is 6.61 Å². The lowest BCUT2D eigenvalue weighted by Crippen LogP contribution is -2.15. The molecule has 0 unspecified atom stereocenters. The van der Waals surface area contributed by atoms with Gasteiger partial charge in [-0.1, -0.05) is 32.9 Å². The van der Waals surface area contributed by atoms with Crippen LogP contribution >= 0.6 is 0 Å². The summed E-state index contributed by atoms with van der Waals surface area (Å²) in [6.07, 6.45) is 0.0515. The number of carbonyl (C=O) groups is 2. The molecule has 0 N–H and O–H groups in total. The third kappa shape index (κ3) is 7.97. The van der Waals surface area contributed by atoms with Gasteiger partial charge in [-0.25, -0.2) is 4.79 Å². The van der Waals surface area contributed by atoms with E-state index in [0.717, 1.165) is 12.0 Å². The lowest BCUT2D eigenvalue weighted by atomic mass is 9.93. The van der Waals surface area contributed by atoms with Crippen molar-refractivity contribution in [1.82, 2.24) is 0 Å². The summed E-state index contributed by atoms with van der Waals surface area (Å²) in [5, 5.41) is 0. The van der Waals surface area contributed by atoms with E-state index in [4.69, 9.17) is 14.2 Å². The monoisotopic (exact) mass is 294 g/mol. The number of carbonyl (C=O) groups excluding carboxylic acids is 2. The van der Waals surface area contributed by atoms with Gasteiger partial charge in [0.1, 0.15) is 12.4 Å². The standard InChI is InChI=1S/C16H22O5/c1-12(17)20-11-13-5-7-14(8-6-13)21-15(18)19-10-9-16(2,3)4/h5-8H,9-11H2,1-4H3. The normalized spacial score (nSPS) is 10.9. The fourth-order valence-corrected chi connectivity index (χ4v) is 1.40. The Balaban J connectivity index is 2.37. The van der Waals surface area contributed by atoms with Gasteiger partial charge >= 0.3 is 12.1 Å². The fraction of sp³-hybridized carbons (Fsp3) is 0.500. The van der Waals surface area contributed by atoms with E-state index in [1.807, 2.05) is 0 Å². The zero-order valence-corrected chi connectivity index (χ0v) is 13.0. The van der Waals surface area contributed by atoms with E-state index >= 15 is 0 Å². The molecule has 5 heteroatoms. The number of rotatable bonds is 5. The first-order valence-corrected chi connectivity index (χ1v) is 6.83. The molecule has 116 valence electrons.